The molecule has 2 aromatic rings. The molecule has 0 aliphatic carbocycles. The number of fused-ring (bicyclic) bond motifs is 1. The first-order chi connectivity index (χ1) is 10.1. The zero-order valence-electron chi connectivity index (χ0n) is 11.4. The summed E-state index contributed by atoms with van der Waals surface area (Å²) in [5.41, 5.74) is 2.37. The first kappa shape index (κ1) is 13.8. The molecule has 108 valence electrons. The molecule has 4 nitrogen and oxygen atoms in total. The first-order valence-electron chi connectivity index (χ1n) is 6.45. The van der Waals surface area contributed by atoms with E-state index in [2.05, 4.69) is 0 Å². The Kier molecular flexibility index (Phi) is 3.71. The van der Waals surface area contributed by atoms with Crippen LogP contribution < -0.4 is 9.47 Å². The summed E-state index contributed by atoms with van der Waals surface area (Å²) in [6.45, 7) is 2.24. The molecule has 0 fully saturated rings. The summed E-state index contributed by atoms with van der Waals surface area (Å²) >= 11 is 6.08. The van der Waals surface area contributed by atoms with Crippen molar-refractivity contribution < 1.29 is 19.0 Å². The van der Waals surface area contributed by atoms with Gasteiger partial charge in [-0.25, -0.2) is 4.79 Å². The molecule has 21 heavy (non-hydrogen) atoms. The van der Waals surface area contributed by atoms with Crippen molar-refractivity contribution >= 4 is 17.6 Å². The summed E-state index contributed by atoms with van der Waals surface area (Å²) in [7, 11) is 0. The fourth-order valence-corrected chi connectivity index (χ4v) is 2.31. The van der Waals surface area contributed by atoms with Gasteiger partial charge < -0.3 is 14.2 Å². The maximum Gasteiger partial charge on any atom is 0.338 e. The van der Waals surface area contributed by atoms with Gasteiger partial charge in [-0.3, -0.25) is 0 Å². The van der Waals surface area contributed by atoms with Gasteiger partial charge in [0, 0.05) is 0 Å². The van der Waals surface area contributed by atoms with Crippen LogP contribution in [0.15, 0.2) is 36.4 Å². The van der Waals surface area contributed by atoms with Crippen molar-refractivity contribution in [1.29, 1.82) is 0 Å². The first-order valence-corrected chi connectivity index (χ1v) is 6.83. The molecular weight excluding hydrogens is 292 g/mol. The molecule has 0 atom stereocenters. The number of halogens is 1. The monoisotopic (exact) mass is 304 g/mol. The minimum absolute atomic E-state index is 0.128. The number of carbonyl (C=O) groups is 1. The number of hydrogen-bond donors (Lipinski definition) is 0. The molecular formula is C16H13ClO4. The van der Waals surface area contributed by atoms with Crippen LogP contribution in [0.4, 0.5) is 0 Å². The van der Waals surface area contributed by atoms with Crippen LogP contribution in [-0.2, 0) is 11.3 Å². The second-order valence-corrected chi connectivity index (χ2v) is 5.16. The van der Waals surface area contributed by atoms with E-state index in [0.717, 1.165) is 11.1 Å². The van der Waals surface area contributed by atoms with E-state index < -0.39 is 0 Å². The molecule has 0 aromatic heterocycles. The zero-order chi connectivity index (χ0) is 14.8. The summed E-state index contributed by atoms with van der Waals surface area (Å²) in [5.74, 6) is 0.734. The summed E-state index contributed by atoms with van der Waals surface area (Å²) < 4.78 is 15.8. The van der Waals surface area contributed by atoms with Crippen LogP contribution >= 0.6 is 11.6 Å². The van der Waals surface area contributed by atoms with Crippen LogP contribution in [0.3, 0.4) is 0 Å². The fraction of sp³-hybridized carbons (Fsp3) is 0.188. The topological polar surface area (TPSA) is 44.8 Å². The lowest BCUT2D eigenvalue weighted by molar-refractivity contribution is 0.0472. The molecule has 0 saturated carbocycles. The van der Waals surface area contributed by atoms with E-state index >= 15 is 0 Å². The van der Waals surface area contributed by atoms with Crippen molar-refractivity contribution in [3.8, 4) is 11.5 Å². The Balaban J connectivity index is 1.69. The van der Waals surface area contributed by atoms with Gasteiger partial charge in [0.05, 0.1) is 10.6 Å². The predicted octanol–water partition coefficient (Wildman–Crippen LogP) is 3.73. The van der Waals surface area contributed by atoms with Gasteiger partial charge in [-0.2, -0.15) is 0 Å². The highest BCUT2D eigenvalue weighted by Gasteiger charge is 2.18. The van der Waals surface area contributed by atoms with E-state index in [1.54, 1.807) is 24.3 Å². The second kappa shape index (κ2) is 5.66. The average molecular weight is 305 g/mol. The van der Waals surface area contributed by atoms with Gasteiger partial charge in [0.2, 0.25) is 6.79 Å². The Morgan fingerprint density at radius 3 is 2.76 bits per heavy atom. The Morgan fingerprint density at radius 1 is 1.24 bits per heavy atom. The van der Waals surface area contributed by atoms with Gasteiger partial charge in [0.1, 0.15) is 6.61 Å². The third-order valence-electron chi connectivity index (χ3n) is 3.14. The summed E-state index contributed by atoms with van der Waals surface area (Å²) in [5, 5.41) is 0.450. The SMILES string of the molecule is Cc1ccc(C(=O)OCc2cc(Cl)c3c(c2)OCO3)cc1. The second-order valence-electron chi connectivity index (χ2n) is 4.75. The molecule has 0 radical (unpaired) electrons. The van der Waals surface area contributed by atoms with E-state index in [0.29, 0.717) is 22.1 Å². The quantitative estimate of drug-likeness (QED) is 0.810. The van der Waals surface area contributed by atoms with Crippen molar-refractivity contribution in [3.63, 3.8) is 0 Å². The Hall–Kier alpha value is -2.20. The molecule has 0 unspecified atom stereocenters. The summed E-state index contributed by atoms with van der Waals surface area (Å²) in [6.07, 6.45) is 0. The van der Waals surface area contributed by atoms with Crippen LogP contribution in [0.5, 0.6) is 11.5 Å². The Labute approximate surface area is 127 Å². The van der Waals surface area contributed by atoms with Gasteiger partial charge in [0.25, 0.3) is 0 Å². The average Bonchev–Trinajstić information content (AvgIpc) is 2.94. The molecule has 1 aliphatic heterocycles. The molecule has 0 spiro atoms. The smallest absolute Gasteiger partial charge is 0.338 e. The summed E-state index contributed by atoms with van der Waals surface area (Å²) in [4.78, 5) is 11.9. The summed E-state index contributed by atoms with van der Waals surface area (Å²) in [6, 6.07) is 10.7. The van der Waals surface area contributed by atoms with E-state index in [9.17, 15) is 4.79 Å². The van der Waals surface area contributed by atoms with Crippen molar-refractivity contribution in [2.75, 3.05) is 6.79 Å². The highest BCUT2D eigenvalue weighted by atomic mass is 35.5. The van der Waals surface area contributed by atoms with Gasteiger partial charge in [0.15, 0.2) is 11.5 Å². The molecule has 5 heteroatoms. The normalized spacial score (nSPS) is 12.3. The molecule has 2 aromatic carbocycles. The van der Waals surface area contributed by atoms with Gasteiger partial charge in [-0.1, -0.05) is 29.3 Å². The number of esters is 1. The lowest BCUT2D eigenvalue weighted by atomic mass is 10.1. The minimum atomic E-state index is -0.371. The van der Waals surface area contributed by atoms with Crippen LogP contribution in [-0.4, -0.2) is 12.8 Å². The van der Waals surface area contributed by atoms with Gasteiger partial charge in [-0.05, 0) is 36.8 Å². The van der Waals surface area contributed by atoms with Crippen molar-refractivity contribution in [2.24, 2.45) is 0 Å². The standard InChI is InChI=1S/C16H13ClO4/c1-10-2-4-12(5-3-10)16(18)19-8-11-6-13(17)15-14(7-11)20-9-21-15/h2-7H,8-9H2,1H3. The largest absolute Gasteiger partial charge is 0.457 e. The zero-order valence-corrected chi connectivity index (χ0v) is 12.1. The van der Waals surface area contributed by atoms with Crippen LogP contribution in [0.2, 0.25) is 5.02 Å². The molecule has 0 bridgehead atoms. The highest BCUT2D eigenvalue weighted by Crippen LogP contribution is 2.39. The predicted molar refractivity (Wildman–Crippen MR) is 77.9 cm³/mol. The van der Waals surface area contributed by atoms with Gasteiger partial charge >= 0.3 is 5.97 Å². The maximum atomic E-state index is 11.9. The third-order valence-corrected chi connectivity index (χ3v) is 3.42. The van der Waals surface area contributed by atoms with Crippen molar-refractivity contribution in [3.05, 3.63) is 58.1 Å². The van der Waals surface area contributed by atoms with E-state index in [4.69, 9.17) is 25.8 Å². The van der Waals surface area contributed by atoms with Crippen molar-refractivity contribution in [1.82, 2.24) is 0 Å². The molecule has 0 saturated heterocycles. The van der Waals surface area contributed by atoms with E-state index in [-0.39, 0.29) is 19.4 Å². The number of ether oxygens (including phenoxy) is 3. The Bertz CT molecular complexity index is 679. The van der Waals surface area contributed by atoms with E-state index in [1.165, 1.54) is 0 Å². The van der Waals surface area contributed by atoms with E-state index in [1.807, 2.05) is 19.1 Å². The molecule has 0 amide bonds. The van der Waals surface area contributed by atoms with Crippen LogP contribution in [0.25, 0.3) is 0 Å². The highest BCUT2D eigenvalue weighted by molar-refractivity contribution is 6.32. The maximum absolute atomic E-state index is 11.9. The van der Waals surface area contributed by atoms with Crippen LogP contribution in [0.1, 0.15) is 21.5 Å². The number of rotatable bonds is 3. The lowest BCUT2D eigenvalue weighted by Gasteiger charge is -2.07. The molecule has 0 N–H and O–H groups in total. The lowest BCUT2D eigenvalue weighted by Crippen LogP contribution is -2.05. The molecule has 1 heterocycles. The van der Waals surface area contributed by atoms with Crippen LogP contribution in [0, 0.1) is 6.92 Å². The number of benzene rings is 2. The number of hydrogen-bond acceptors (Lipinski definition) is 4. The Morgan fingerprint density at radius 2 is 2.00 bits per heavy atom. The minimum Gasteiger partial charge on any atom is -0.457 e. The van der Waals surface area contributed by atoms with Crippen molar-refractivity contribution in [2.45, 2.75) is 13.5 Å². The van der Waals surface area contributed by atoms with Gasteiger partial charge in [-0.15, -0.1) is 0 Å². The molecule has 3 rings (SSSR count). The molecule has 1 aliphatic rings. The number of aryl methyl sites for hydroxylation is 1. The number of carbonyl (C=O) groups excluding carboxylic acids is 1. The fourth-order valence-electron chi connectivity index (χ4n) is 2.03. The third kappa shape index (κ3) is 2.95.